The summed E-state index contributed by atoms with van der Waals surface area (Å²) in [7, 11) is 0. The third-order valence-corrected chi connectivity index (χ3v) is 5.56. The van der Waals surface area contributed by atoms with Crippen LogP contribution in [0.4, 0.5) is 9.18 Å². The topological polar surface area (TPSA) is 88.9 Å². The molecule has 1 aromatic heterocycles. The van der Waals surface area contributed by atoms with Crippen molar-refractivity contribution in [2.75, 3.05) is 32.8 Å². The lowest BCUT2D eigenvalue weighted by Crippen LogP contribution is -2.52. The lowest BCUT2D eigenvalue weighted by Gasteiger charge is -2.34. The van der Waals surface area contributed by atoms with Gasteiger partial charge in [-0.3, -0.25) is 19.0 Å². The maximum absolute atomic E-state index is 14.6. The fourth-order valence-electron chi connectivity index (χ4n) is 3.89. The minimum atomic E-state index is -0.920. The molecule has 0 aliphatic carbocycles. The van der Waals surface area contributed by atoms with Gasteiger partial charge in [-0.2, -0.15) is 0 Å². The Balaban J connectivity index is 1.53. The van der Waals surface area contributed by atoms with E-state index in [9.17, 15) is 23.6 Å². The second-order valence-corrected chi connectivity index (χ2v) is 7.53. The molecular formula is C24H22FN3O5. The Morgan fingerprint density at radius 1 is 0.909 bits per heavy atom. The van der Waals surface area contributed by atoms with Crippen molar-refractivity contribution in [2.45, 2.75) is 6.92 Å². The smallest absolute Gasteiger partial charge is 0.418 e. The molecular weight excluding hydrogens is 429 g/mol. The van der Waals surface area contributed by atoms with Gasteiger partial charge in [0.15, 0.2) is 0 Å². The molecule has 8 nitrogen and oxygen atoms in total. The van der Waals surface area contributed by atoms with E-state index in [0.717, 1.165) is 16.8 Å². The van der Waals surface area contributed by atoms with E-state index in [2.05, 4.69) is 0 Å². The van der Waals surface area contributed by atoms with Crippen LogP contribution in [0.5, 0.6) is 0 Å². The predicted octanol–water partition coefficient (Wildman–Crippen LogP) is 2.95. The number of halogens is 1. The summed E-state index contributed by atoms with van der Waals surface area (Å²) < 4.78 is 20.6. The van der Waals surface area contributed by atoms with Crippen LogP contribution < -0.4 is 0 Å². The Bertz CT molecular complexity index is 1230. The Morgan fingerprint density at radius 3 is 2.24 bits per heavy atom. The normalized spacial score (nSPS) is 13.8. The molecule has 0 bridgehead atoms. The van der Waals surface area contributed by atoms with Crippen molar-refractivity contribution in [1.29, 1.82) is 0 Å². The lowest BCUT2D eigenvalue weighted by atomic mass is 10.1. The zero-order chi connectivity index (χ0) is 23.5. The molecule has 1 aliphatic heterocycles. The van der Waals surface area contributed by atoms with Crippen molar-refractivity contribution in [2.24, 2.45) is 0 Å². The van der Waals surface area contributed by atoms with E-state index in [1.165, 1.54) is 17.0 Å². The number of rotatable bonds is 4. The monoisotopic (exact) mass is 451 g/mol. The number of Topliss-reactive ketones (excluding diaryl/α,β-unsaturated/α-hetero) is 1. The first-order chi connectivity index (χ1) is 15.9. The third kappa shape index (κ3) is 4.21. The quantitative estimate of drug-likeness (QED) is 0.450. The van der Waals surface area contributed by atoms with E-state index in [1.807, 2.05) is 6.07 Å². The van der Waals surface area contributed by atoms with E-state index in [-0.39, 0.29) is 55.2 Å². The van der Waals surface area contributed by atoms with E-state index < -0.39 is 23.6 Å². The van der Waals surface area contributed by atoms with E-state index in [4.69, 9.17) is 4.74 Å². The van der Waals surface area contributed by atoms with Gasteiger partial charge < -0.3 is 14.5 Å². The van der Waals surface area contributed by atoms with Crippen molar-refractivity contribution in [3.8, 4) is 0 Å². The predicted molar refractivity (Wildman–Crippen MR) is 118 cm³/mol. The van der Waals surface area contributed by atoms with Gasteiger partial charge in [-0.05, 0) is 31.2 Å². The van der Waals surface area contributed by atoms with Gasteiger partial charge in [-0.15, -0.1) is 0 Å². The van der Waals surface area contributed by atoms with Crippen LogP contribution in [0.2, 0.25) is 0 Å². The Morgan fingerprint density at radius 2 is 1.58 bits per heavy atom. The molecule has 2 aromatic carbocycles. The Kier molecular flexibility index (Phi) is 6.21. The number of aromatic nitrogens is 1. The van der Waals surface area contributed by atoms with Crippen LogP contribution in [-0.2, 0) is 9.53 Å². The molecule has 0 atom stereocenters. The first kappa shape index (κ1) is 22.2. The third-order valence-electron chi connectivity index (χ3n) is 5.56. The largest absolute Gasteiger partial charge is 0.449 e. The van der Waals surface area contributed by atoms with Gasteiger partial charge in [-0.25, -0.2) is 9.18 Å². The zero-order valence-electron chi connectivity index (χ0n) is 18.0. The van der Waals surface area contributed by atoms with E-state index in [1.54, 1.807) is 36.1 Å². The summed E-state index contributed by atoms with van der Waals surface area (Å²) in [5.41, 5.74) is 0.488. The molecule has 0 radical (unpaired) electrons. The fourth-order valence-corrected chi connectivity index (χ4v) is 3.89. The summed E-state index contributed by atoms with van der Waals surface area (Å²) in [5, 5.41) is -0.109. The fraction of sp³-hybridized carbons (Fsp3) is 0.250. The number of piperazine rings is 1. The molecule has 3 aromatic rings. The molecule has 1 saturated heterocycles. The number of ketones is 1. The van der Waals surface area contributed by atoms with Crippen molar-refractivity contribution >= 4 is 34.6 Å². The van der Waals surface area contributed by atoms with Crippen LogP contribution >= 0.6 is 0 Å². The molecule has 1 fully saturated rings. The second kappa shape index (κ2) is 9.23. The standard InChI is InChI=1S/C24H22FN3O5/c1-2-33-24(32)28-15-17(20-18(25)9-6-10-19(20)28)21(29)23(31)27-13-11-26(12-14-27)22(30)16-7-4-3-5-8-16/h3-10,15H,2,11-14H2,1H3. The molecule has 33 heavy (non-hydrogen) atoms. The number of amides is 2. The molecule has 2 amide bonds. The number of carbonyl (C=O) groups is 4. The minimum absolute atomic E-state index is 0.0992. The van der Waals surface area contributed by atoms with Crippen LogP contribution in [0.25, 0.3) is 10.9 Å². The summed E-state index contributed by atoms with van der Waals surface area (Å²) >= 11 is 0. The number of nitrogens with zero attached hydrogens (tertiary/aromatic N) is 3. The number of ether oxygens (including phenoxy) is 1. The molecule has 4 rings (SSSR count). The molecule has 0 spiro atoms. The molecule has 0 unspecified atom stereocenters. The van der Waals surface area contributed by atoms with Crippen LogP contribution in [0.15, 0.2) is 54.7 Å². The highest BCUT2D eigenvalue weighted by atomic mass is 19.1. The summed E-state index contributed by atoms with van der Waals surface area (Å²) in [6.45, 7) is 2.60. The van der Waals surface area contributed by atoms with Crippen LogP contribution in [0.1, 0.15) is 27.6 Å². The van der Waals surface area contributed by atoms with Gasteiger partial charge in [0.2, 0.25) is 0 Å². The first-order valence-electron chi connectivity index (χ1n) is 10.6. The number of carbonyl (C=O) groups excluding carboxylic acids is 4. The summed E-state index contributed by atoms with van der Waals surface area (Å²) in [6.07, 6.45) is 0.369. The van der Waals surface area contributed by atoms with Crippen LogP contribution in [0, 0.1) is 5.82 Å². The van der Waals surface area contributed by atoms with E-state index in [0.29, 0.717) is 5.56 Å². The maximum Gasteiger partial charge on any atom is 0.418 e. The number of hydrogen-bond donors (Lipinski definition) is 0. The molecule has 170 valence electrons. The Labute approximate surface area is 189 Å². The van der Waals surface area contributed by atoms with Gasteiger partial charge in [0.1, 0.15) is 5.82 Å². The van der Waals surface area contributed by atoms with Crippen molar-refractivity contribution in [1.82, 2.24) is 14.4 Å². The van der Waals surface area contributed by atoms with E-state index >= 15 is 0 Å². The average molecular weight is 451 g/mol. The summed E-state index contributed by atoms with van der Waals surface area (Å²) in [5.74, 6) is -2.59. The van der Waals surface area contributed by atoms with Crippen LogP contribution in [0.3, 0.4) is 0 Å². The lowest BCUT2D eigenvalue weighted by molar-refractivity contribution is -0.127. The highest BCUT2D eigenvalue weighted by Crippen LogP contribution is 2.26. The highest BCUT2D eigenvalue weighted by Gasteiger charge is 2.32. The number of hydrogen-bond acceptors (Lipinski definition) is 5. The molecule has 1 aliphatic rings. The van der Waals surface area contributed by atoms with Gasteiger partial charge in [-0.1, -0.05) is 24.3 Å². The van der Waals surface area contributed by atoms with Crippen molar-refractivity contribution < 1.29 is 28.3 Å². The van der Waals surface area contributed by atoms with Gasteiger partial charge >= 0.3 is 6.09 Å². The highest BCUT2D eigenvalue weighted by molar-refractivity contribution is 6.45. The average Bonchev–Trinajstić information content (AvgIpc) is 3.24. The number of fused-ring (bicyclic) bond motifs is 1. The minimum Gasteiger partial charge on any atom is -0.449 e. The molecule has 0 saturated carbocycles. The van der Waals surface area contributed by atoms with Gasteiger partial charge in [0.05, 0.1) is 17.7 Å². The summed E-state index contributed by atoms with van der Waals surface area (Å²) in [4.78, 5) is 53.8. The van der Waals surface area contributed by atoms with Gasteiger partial charge in [0, 0.05) is 43.3 Å². The molecule has 0 N–H and O–H groups in total. The van der Waals surface area contributed by atoms with Crippen molar-refractivity contribution in [3.05, 3.63) is 71.7 Å². The molecule has 2 heterocycles. The first-order valence-corrected chi connectivity index (χ1v) is 10.6. The number of benzene rings is 2. The summed E-state index contributed by atoms with van der Waals surface area (Å²) in [6, 6.07) is 12.9. The maximum atomic E-state index is 14.6. The van der Waals surface area contributed by atoms with Crippen molar-refractivity contribution in [3.63, 3.8) is 0 Å². The molecule has 9 heteroatoms. The Hall–Kier alpha value is -4.01. The second-order valence-electron chi connectivity index (χ2n) is 7.53. The van der Waals surface area contributed by atoms with Gasteiger partial charge in [0.25, 0.3) is 17.6 Å². The SMILES string of the molecule is CCOC(=O)n1cc(C(=O)C(=O)N2CCN(C(=O)c3ccccc3)CC2)c2c(F)cccc21. The zero-order valence-corrected chi connectivity index (χ0v) is 18.0. The van der Waals surface area contributed by atoms with Crippen LogP contribution in [-0.4, -0.2) is 70.8 Å².